The van der Waals surface area contributed by atoms with E-state index in [1.165, 1.54) is 11.8 Å². The number of nitrogens with zero attached hydrogens (tertiary/aromatic N) is 3. The van der Waals surface area contributed by atoms with Crippen LogP contribution in [0.25, 0.3) is 0 Å². The molecule has 0 unspecified atom stereocenters. The lowest BCUT2D eigenvalue weighted by atomic mass is 10.2. The van der Waals surface area contributed by atoms with Gasteiger partial charge in [-0.25, -0.2) is 15.0 Å². The minimum absolute atomic E-state index is 0.313. The van der Waals surface area contributed by atoms with Gasteiger partial charge in [0.25, 0.3) is 0 Å². The second-order valence-electron chi connectivity index (χ2n) is 3.54. The number of aromatic nitrogens is 4. The number of nitrogens with one attached hydrogen (secondary N) is 1. The molecule has 0 amide bonds. The molecular formula is C10H11BrN4S. The molecule has 2 heterocycles. The topological polar surface area (TPSA) is 54.5 Å². The Morgan fingerprint density at radius 1 is 1.38 bits per heavy atom. The molecule has 2 aromatic heterocycles. The van der Waals surface area contributed by atoms with E-state index in [-0.39, 0.29) is 0 Å². The summed E-state index contributed by atoms with van der Waals surface area (Å²) in [5.41, 5.74) is 0. The van der Waals surface area contributed by atoms with Crippen LogP contribution in [0.3, 0.4) is 0 Å². The first-order valence-electron chi connectivity index (χ1n) is 4.87. The van der Waals surface area contributed by atoms with Crippen molar-refractivity contribution in [3.8, 4) is 0 Å². The van der Waals surface area contributed by atoms with Gasteiger partial charge in [-0.15, -0.1) is 0 Å². The smallest absolute Gasteiger partial charge is 0.171 e. The highest BCUT2D eigenvalue weighted by molar-refractivity contribution is 9.10. The number of halogens is 1. The van der Waals surface area contributed by atoms with Crippen LogP contribution in [0.4, 0.5) is 0 Å². The quantitative estimate of drug-likeness (QED) is 0.884. The zero-order chi connectivity index (χ0) is 11.5. The van der Waals surface area contributed by atoms with Crippen LogP contribution < -0.4 is 0 Å². The normalized spacial score (nSPS) is 11.0. The lowest BCUT2D eigenvalue weighted by Crippen LogP contribution is -1.98. The Bertz CT molecular complexity index is 470. The van der Waals surface area contributed by atoms with Crippen molar-refractivity contribution in [1.82, 2.24) is 19.9 Å². The highest BCUT2D eigenvalue weighted by Crippen LogP contribution is 2.25. The molecule has 0 saturated heterocycles. The Labute approximate surface area is 106 Å². The maximum Gasteiger partial charge on any atom is 0.171 e. The summed E-state index contributed by atoms with van der Waals surface area (Å²) in [5, 5.41) is 1.72. The summed E-state index contributed by atoms with van der Waals surface area (Å²) in [5.74, 6) is 1.15. The number of hydrogen-bond donors (Lipinski definition) is 1. The van der Waals surface area contributed by atoms with Gasteiger partial charge >= 0.3 is 0 Å². The molecule has 84 valence electrons. The van der Waals surface area contributed by atoms with E-state index in [1.54, 1.807) is 12.4 Å². The number of H-pyrrole nitrogens is 1. The number of rotatable bonds is 3. The standard InChI is InChI=1S/C10H11BrN4S/c1-6(2)9-14-7(11)5-8(15-9)16-10-12-3-4-13-10/h3-6H,1-2H3,(H,12,13). The van der Waals surface area contributed by atoms with Crippen LogP contribution in [-0.4, -0.2) is 19.9 Å². The molecule has 2 rings (SSSR count). The maximum atomic E-state index is 4.47. The fourth-order valence-electron chi connectivity index (χ4n) is 1.13. The molecule has 0 aromatic carbocycles. The van der Waals surface area contributed by atoms with Crippen LogP contribution in [0, 0.1) is 0 Å². The molecule has 0 atom stereocenters. The average Bonchev–Trinajstić information content (AvgIpc) is 2.69. The van der Waals surface area contributed by atoms with Crippen molar-refractivity contribution in [2.24, 2.45) is 0 Å². The van der Waals surface area contributed by atoms with Crippen molar-refractivity contribution in [2.75, 3.05) is 0 Å². The summed E-state index contributed by atoms with van der Waals surface area (Å²) in [6.45, 7) is 4.15. The van der Waals surface area contributed by atoms with E-state index < -0.39 is 0 Å². The fraction of sp³-hybridized carbons (Fsp3) is 0.300. The molecule has 0 saturated carbocycles. The first kappa shape index (κ1) is 11.6. The Kier molecular flexibility index (Phi) is 3.60. The molecular weight excluding hydrogens is 288 g/mol. The van der Waals surface area contributed by atoms with Crippen LogP contribution in [0.2, 0.25) is 0 Å². The molecule has 16 heavy (non-hydrogen) atoms. The van der Waals surface area contributed by atoms with Crippen molar-refractivity contribution in [3.63, 3.8) is 0 Å². The molecule has 0 aliphatic carbocycles. The predicted molar refractivity (Wildman–Crippen MR) is 66.5 cm³/mol. The van der Waals surface area contributed by atoms with Gasteiger partial charge in [-0.1, -0.05) is 13.8 Å². The van der Waals surface area contributed by atoms with Crippen LogP contribution in [0.5, 0.6) is 0 Å². The number of hydrogen-bond acceptors (Lipinski definition) is 4. The average molecular weight is 299 g/mol. The molecule has 0 spiro atoms. The van der Waals surface area contributed by atoms with Gasteiger partial charge < -0.3 is 4.98 Å². The second kappa shape index (κ2) is 4.97. The van der Waals surface area contributed by atoms with Gasteiger partial charge in [0.2, 0.25) is 0 Å². The molecule has 6 heteroatoms. The van der Waals surface area contributed by atoms with Crippen molar-refractivity contribution in [1.29, 1.82) is 0 Å². The summed E-state index contributed by atoms with van der Waals surface area (Å²) in [6, 6.07) is 1.89. The molecule has 0 fully saturated rings. The SMILES string of the molecule is CC(C)c1nc(Br)cc(Sc2ncc[nH]2)n1. The minimum atomic E-state index is 0.313. The maximum absolute atomic E-state index is 4.47. The lowest BCUT2D eigenvalue weighted by molar-refractivity contribution is 0.747. The van der Waals surface area contributed by atoms with E-state index in [0.717, 1.165) is 20.6 Å². The molecule has 0 aliphatic heterocycles. The summed E-state index contributed by atoms with van der Waals surface area (Å²) in [7, 11) is 0. The zero-order valence-electron chi connectivity index (χ0n) is 8.94. The first-order chi connectivity index (χ1) is 7.65. The van der Waals surface area contributed by atoms with Gasteiger partial charge in [-0.05, 0) is 27.7 Å². The van der Waals surface area contributed by atoms with E-state index in [2.05, 4.69) is 49.7 Å². The third-order valence-electron chi connectivity index (χ3n) is 1.88. The third-order valence-corrected chi connectivity index (χ3v) is 3.12. The summed E-state index contributed by atoms with van der Waals surface area (Å²) < 4.78 is 0.806. The molecule has 2 aromatic rings. The van der Waals surface area contributed by atoms with Crippen LogP contribution in [0.1, 0.15) is 25.6 Å². The molecule has 1 N–H and O–H groups in total. The van der Waals surface area contributed by atoms with E-state index in [0.29, 0.717) is 5.92 Å². The highest BCUT2D eigenvalue weighted by atomic mass is 79.9. The first-order valence-corrected chi connectivity index (χ1v) is 6.48. The minimum Gasteiger partial charge on any atom is -0.339 e. The Morgan fingerprint density at radius 3 is 2.81 bits per heavy atom. The van der Waals surface area contributed by atoms with Gasteiger partial charge in [0.1, 0.15) is 15.5 Å². The Morgan fingerprint density at radius 2 is 2.19 bits per heavy atom. The van der Waals surface area contributed by atoms with Crippen molar-refractivity contribution in [3.05, 3.63) is 28.9 Å². The summed E-state index contributed by atoms with van der Waals surface area (Å²) in [6.07, 6.45) is 3.52. The zero-order valence-corrected chi connectivity index (χ0v) is 11.3. The van der Waals surface area contributed by atoms with E-state index in [9.17, 15) is 0 Å². The largest absolute Gasteiger partial charge is 0.339 e. The molecule has 4 nitrogen and oxygen atoms in total. The van der Waals surface area contributed by atoms with Crippen molar-refractivity contribution < 1.29 is 0 Å². The lowest BCUT2D eigenvalue weighted by Gasteiger charge is -2.06. The van der Waals surface area contributed by atoms with Crippen LogP contribution in [-0.2, 0) is 0 Å². The fourth-order valence-corrected chi connectivity index (χ4v) is 2.43. The molecule has 0 aliphatic rings. The second-order valence-corrected chi connectivity index (χ2v) is 5.36. The van der Waals surface area contributed by atoms with E-state index in [1.807, 2.05) is 6.07 Å². The van der Waals surface area contributed by atoms with Gasteiger partial charge in [0.05, 0.1) is 0 Å². The van der Waals surface area contributed by atoms with Crippen molar-refractivity contribution >= 4 is 27.7 Å². The van der Waals surface area contributed by atoms with Gasteiger partial charge in [0.15, 0.2) is 5.16 Å². The molecule has 0 bridgehead atoms. The number of imidazole rings is 1. The van der Waals surface area contributed by atoms with Gasteiger partial charge in [0, 0.05) is 24.4 Å². The van der Waals surface area contributed by atoms with Crippen LogP contribution >= 0.6 is 27.7 Å². The Hall–Kier alpha value is -0.880. The monoisotopic (exact) mass is 298 g/mol. The summed E-state index contributed by atoms with van der Waals surface area (Å²) >= 11 is 4.88. The van der Waals surface area contributed by atoms with Crippen LogP contribution in [0.15, 0.2) is 33.2 Å². The highest BCUT2D eigenvalue weighted by Gasteiger charge is 2.08. The predicted octanol–water partition coefficient (Wildman–Crippen LogP) is 3.24. The Balaban J connectivity index is 2.27. The number of aromatic amines is 1. The molecule has 0 radical (unpaired) electrons. The van der Waals surface area contributed by atoms with E-state index >= 15 is 0 Å². The third kappa shape index (κ3) is 2.82. The van der Waals surface area contributed by atoms with Crippen molar-refractivity contribution in [2.45, 2.75) is 29.9 Å². The van der Waals surface area contributed by atoms with Gasteiger partial charge in [-0.3, -0.25) is 0 Å². The van der Waals surface area contributed by atoms with E-state index in [4.69, 9.17) is 0 Å². The summed E-state index contributed by atoms with van der Waals surface area (Å²) in [4.78, 5) is 16.0. The van der Waals surface area contributed by atoms with Gasteiger partial charge in [-0.2, -0.15) is 0 Å².